The first-order chi connectivity index (χ1) is 9.24. The molecule has 1 unspecified atom stereocenters. The van der Waals surface area contributed by atoms with Gasteiger partial charge in [-0.25, -0.2) is 0 Å². The third kappa shape index (κ3) is 3.82. The van der Waals surface area contributed by atoms with E-state index in [9.17, 15) is 0 Å². The summed E-state index contributed by atoms with van der Waals surface area (Å²) < 4.78 is 0.850. The average molecular weight is 294 g/mol. The summed E-state index contributed by atoms with van der Waals surface area (Å²) in [6, 6.07) is 13.2. The van der Waals surface area contributed by atoms with Crippen molar-refractivity contribution >= 4 is 22.9 Å². The standard InChI is InChI=1S/C16H20ClNS/c1-3-11-18-16(14-9-10-15(17)19-14)13-7-5-12(4-2)6-8-13/h5-10,16,18H,3-4,11H2,1-2H3. The number of halogens is 1. The van der Waals surface area contributed by atoms with E-state index >= 15 is 0 Å². The van der Waals surface area contributed by atoms with Gasteiger partial charge in [-0.15, -0.1) is 11.3 Å². The van der Waals surface area contributed by atoms with Gasteiger partial charge < -0.3 is 5.32 Å². The molecule has 2 rings (SSSR count). The lowest BCUT2D eigenvalue weighted by Gasteiger charge is -2.18. The minimum atomic E-state index is 0.253. The van der Waals surface area contributed by atoms with Gasteiger partial charge in [-0.3, -0.25) is 0 Å². The van der Waals surface area contributed by atoms with Crippen molar-refractivity contribution in [2.45, 2.75) is 32.7 Å². The van der Waals surface area contributed by atoms with Gasteiger partial charge in [0.25, 0.3) is 0 Å². The van der Waals surface area contributed by atoms with Crippen LogP contribution in [0.2, 0.25) is 4.34 Å². The summed E-state index contributed by atoms with van der Waals surface area (Å²) in [4.78, 5) is 1.28. The van der Waals surface area contributed by atoms with Crippen LogP contribution in [0, 0.1) is 0 Å². The Balaban J connectivity index is 2.25. The van der Waals surface area contributed by atoms with E-state index in [0.29, 0.717) is 0 Å². The van der Waals surface area contributed by atoms with Crippen LogP contribution in [0.1, 0.15) is 42.3 Å². The van der Waals surface area contributed by atoms with Gasteiger partial charge in [-0.2, -0.15) is 0 Å². The van der Waals surface area contributed by atoms with Gasteiger partial charge in [-0.05, 0) is 42.6 Å². The van der Waals surface area contributed by atoms with Gasteiger partial charge in [0.1, 0.15) is 0 Å². The fourth-order valence-corrected chi connectivity index (χ4v) is 3.27. The lowest BCUT2D eigenvalue weighted by molar-refractivity contribution is 0.606. The van der Waals surface area contributed by atoms with Crippen LogP contribution in [0.4, 0.5) is 0 Å². The van der Waals surface area contributed by atoms with E-state index in [1.165, 1.54) is 16.0 Å². The molecule has 0 aliphatic carbocycles. The second-order valence-corrected chi connectivity index (χ2v) is 6.37. The first kappa shape index (κ1) is 14.6. The average Bonchev–Trinajstić information content (AvgIpc) is 2.86. The number of rotatable bonds is 6. The quantitative estimate of drug-likeness (QED) is 0.785. The molecule has 102 valence electrons. The number of nitrogens with one attached hydrogen (secondary N) is 1. The molecule has 0 spiro atoms. The SMILES string of the molecule is CCCNC(c1ccc(CC)cc1)c1ccc(Cl)s1. The molecule has 1 atom stereocenters. The highest BCUT2D eigenvalue weighted by Gasteiger charge is 2.15. The zero-order valence-electron chi connectivity index (χ0n) is 11.4. The van der Waals surface area contributed by atoms with Crippen LogP contribution in [-0.2, 0) is 6.42 Å². The lowest BCUT2D eigenvalue weighted by Crippen LogP contribution is -2.22. The molecular weight excluding hydrogens is 274 g/mol. The fraction of sp³-hybridized carbons (Fsp3) is 0.375. The Morgan fingerprint density at radius 1 is 1.11 bits per heavy atom. The summed E-state index contributed by atoms with van der Waals surface area (Å²) >= 11 is 7.72. The molecule has 0 aliphatic heterocycles. The van der Waals surface area contributed by atoms with Gasteiger partial charge in [0, 0.05) is 4.88 Å². The van der Waals surface area contributed by atoms with Gasteiger partial charge in [0.15, 0.2) is 0 Å². The Bertz CT molecular complexity index is 504. The van der Waals surface area contributed by atoms with E-state index in [4.69, 9.17) is 11.6 Å². The van der Waals surface area contributed by atoms with Crippen LogP contribution in [0.3, 0.4) is 0 Å². The van der Waals surface area contributed by atoms with Crippen LogP contribution in [0.5, 0.6) is 0 Å². The molecule has 0 saturated carbocycles. The lowest BCUT2D eigenvalue weighted by atomic mass is 10.0. The molecule has 1 nitrogen and oxygen atoms in total. The highest BCUT2D eigenvalue weighted by molar-refractivity contribution is 7.16. The molecule has 1 heterocycles. The Labute approximate surface area is 124 Å². The summed E-state index contributed by atoms with van der Waals surface area (Å²) in [6.45, 7) is 5.38. The van der Waals surface area contributed by atoms with Crippen molar-refractivity contribution in [1.82, 2.24) is 5.32 Å². The third-order valence-electron chi connectivity index (χ3n) is 3.20. The minimum absolute atomic E-state index is 0.253. The number of benzene rings is 1. The van der Waals surface area contributed by atoms with Crippen LogP contribution in [-0.4, -0.2) is 6.54 Å². The molecule has 0 amide bonds. The van der Waals surface area contributed by atoms with Crippen molar-refractivity contribution in [3.05, 3.63) is 56.7 Å². The summed E-state index contributed by atoms with van der Waals surface area (Å²) in [5.41, 5.74) is 2.69. The van der Waals surface area contributed by atoms with E-state index < -0.39 is 0 Å². The van der Waals surface area contributed by atoms with Gasteiger partial charge in [0.05, 0.1) is 10.4 Å². The molecule has 0 saturated heterocycles. The minimum Gasteiger partial charge on any atom is -0.306 e. The van der Waals surface area contributed by atoms with Crippen molar-refractivity contribution in [3.63, 3.8) is 0 Å². The maximum absolute atomic E-state index is 6.06. The van der Waals surface area contributed by atoms with E-state index in [1.807, 2.05) is 6.07 Å². The maximum atomic E-state index is 6.06. The second-order valence-electron chi connectivity index (χ2n) is 4.62. The number of hydrogen-bond donors (Lipinski definition) is 1. The van der Waals surface area contributed by atoms with Crippen LogP contribution in [0.15, 0.2) is 36.4 Å². The Hall–Kier alpha value is -0.830. The normalized spacial score (nSPS) is 12.6. The van der Waals surface area contributed by atoms with Crippen LogP contribution < -0.4 is 5.32 Å². The van der Waals surface area contributed by atoms with E-state index in [2.05, 4.69) is 49.5 Å². The molecule has 2 aromatic rings. The predicted octanol–water partition coefficient (Wildman–Crippen LogP) is 5.05. The zero-order valence-corrected chi connectivity index (χ0v) is 13.0. The second kappa shape index (κ2) is 7.09. The molecule has 1 N–H and O–H groups in total. The molecule has 1 aromatic heterocycles. The van der Waals surface area contributed by atoms with Gasteiger partial charge in [-0.1, -0.05) is 49.7 Å². The van der Waals surface area contributed by atoms with Crippen molar-refractivity contribution in [3.8, 4) is 0 Å². The zero-order chi connectivity index (χ0) is 13.7. The number of thiophene rings is 1. The van der Waals surface area contributed by atoms with Crippen molar-refractivity contribution in [2.24, 2.45) is 0 Å². The fourth-order valence-electron chi connectivity index (χ4n) is 2.10. The van der Waals surface area contributed by atoms with Crippen molar-refractivity contribution in [1.29, 1.82) is 0 Å². The molecule has 1 aromatic carbocycles. The molecule has 0 bridgehead atoms. The topological polar surface area (TPSA) is 12.0 Å². The van der Waals surface area contributed by atoms with Crippen LogP contribution in [0.25, 0.3) is 0 Å². The number of aryl methyl sites for hydroxylation is 1. The Kier molecular flexibility index (Phi) is 5.44. The van der Waals surface area contributed by atoms with Crippen LogP contribution >= 0.6 is 22.9 Å². The highest BCUT2D eigenvalue weighted by Crippen LogP contribution is 2.31. The van der Waals surface area contributed by atoms with Crippen molar-refractivity contribution in [2.75, 3.05) is 6.54 Å². The molecule has 19 heavy (non-hydrogen) atoms. The predicted molar refractivity (Wildman–Crippen MR) is 85.3 cm³/mol. The van der Waals surface area contributed by atoms with Gasteiger partial charge >= 0.3 is 0 Å². The highest BCUT2D eigenvalue weighted by atomic mass is 35.5. The third-order valence-corrected chi connectivity index (χ3v) is 4.49. The molecule has 0 radical (unpaired) electrons. The smallest absolute Gasteiger partial charge is 0.0931 e. The van der Waals surface area contributed by atoms with Gasteiger partial charge in [0.2, 0.25) is 0 Å². The summed E-state index contributed by atoms with van der Waals surface area (Å²) in [6.07, 6.45) is 2.21. The monoisotopic (exact) mass is 293 g/mol. The Morgan fingerprint density at radius 2 is 1.84 bits per heavy atom. The molecular formula is C16H20ClNS. The first-order valence-electron chi connectivity index (χ1n) is 6.82. The van der Waals surface area contributed by atoms with Crippen molar-refractivity contribution < 1.29 is 0 Å². The summed E-state index contributed by atoms with van der Waals surface area (Å²) in [7, 11) is 0. The first-order valence-corrected chi connectivity index (χ1v) is 8.01. The largest absolute Gasteiger partial charge is 0.306 e. The number of hydrogen-bond acceptors (Lipinski definition) is 2. The Morgan fingerprint density at radius 3 is 2.37 bits per heavy atom. The molecule has 0 fully saturated rings. The molecule has 3 heteroatoms. The van der Waals surface area contributed by atoms with E-state index in [0.717, 1.165) is 23.7 Å². The summed E-state index contributed by atoms with van der Waals surface area (Å²) in [5, 5.41) is 3.60. The van der Waals surface area contributed by atoms with E-state index in [1.54, 1.807) is 11.3 Å². The molecule has 0 aliphatic rings. The summed E-state index contributed by atoms with van der Waals surface area (Å²) in [5.74, 6) is 0. The van der Waals surface area contributed by atoms with E-state index in [-0.39, 0.29) is 6.04 Å². The maximum Gasteiger partial charge on any atom is 0.0931 e.